The Balaban J connectivity index is 1.89. The van der Waals surface area contributed by atoms with Gasteiger partial charge in [-0.05, 0) is 41.8 Å². The largest absolute Gasteiger partial charge is 0.493 e. The van der Waals surface area contributed by atoms with Gasteiger partial charge >= 0.3 is 0 Å². The Kier molecular flexibility index (Phi) is 4.31. The van der Waals surface area contributed by atoms with Crippen molar-refractivity contribution in [3.05, 3.63) is 63.1 Å². The Morgan fingerprint density at radius 2 is 1.95 bits per heavy atom. The van der Waals surface area contributed by atoms with Crippen LogP contribution in [0.25, 0.3) is 0 Å². The standard InChI is InChI=1S/C16H12Br2F2O/c17-11-7-10-3-4-21-16(10)12(8-11)13(18)5-9-1-2-14(19)15(20)6-9/h1-2,6-8,13H,3-5H2. The second kappa shape index (κ2) is 6.05. The van der Waals surface area contributed by atoms with Gasteiger partial charge in [0.2, 0.25) is 0 Å². The van der Waals surface area contributed by atoms with Crippen LogP contribution in [-0.4, -0.2) is 6.61 Å². The first kappa shape index (κ1) is 15.0. The van der Waals surface area contributed by atoms with Crippen molar-refractivity contribution in [2.45, 2.75) is 17.7 Å². The van der Waals surface area contributed by atoms with Crippen molar-refractivity contribution in [1.82, 2.24) is 0 Å². The molecule has 0 bridgehead atoms. The molecule has 1 aliphatic rings. The SMILES string of the molecule is Fc1ccc(CC(Br)c2cc(Br)cc3c2OCC3)cc1F. The molecule has 1 aliphatic heterocycles. The van der Waals surface area contributed by atoms with Crippen LogP contribution in [0, 0.1) is 11.6 Å². The fourth-order valence-corrected chi connectivity index (χ4v) is 3.75. The second-order valence-corrected chi connectivity index (χ2v) is 7.02. The maximum atomic E-state index is 13.3. The average Bonchev–Trinajstić information content (AvgIpc) is 2.90. The van der Waals surface area contributed by atoms with E-state index < -0.39 is 11.6 Å². The molecule has 110 valence electrons. The van der Waals surface area contributed by atoms with Crippen molar-refractivity contribution in [2.24, 2.45) is 0 Å². The normalized spacial score (nSPS) is 14.7. The highest BCUT2D eigenvalue weighted by Gasteiger charge is 2.22. The van der Waals surface area contributed by atoms with Gasteiger partial charge in [-0.1, -0.05) is 37.9 Å². The molecule has 2 aromatic carbocycles. The van der Waals surface area contributed by atoms with Crippen LogP contribution >= 0.6 is 31.9 Å². The van der Waals surface area contributed by atoms with Crippen molar-refractivity contribution in [3.63, 3.8) is 0 Å². The number of benzene rings is 2. The summed E-state index contributed by atoms with van der Waals surface area (Å²) in [5.74, 6) is -0.734. The van der Waals surface area contributed by atoms with Crippen LogP contribution < -0.4 is 4.74 Å². The molecule has 2 aromatic rings. The third-order valence-corrected chi connectivity index (χ3v) is 4.79. The molecule has 0 saturated heterocycles. The lowest BCUT2D eigenvalue weighted by Crippen LogP contribution is -2.00. The van der Waals surface area contributed by atoms with Crippen molar-refractivity contribution in [3.8, 4) is 5.75 Å². The van der Waals surface area contributed by atoms with Gasteiger partial charge in [0.15, 0.2) is 11.6 Å². The molecule has 0 radical (unpaired) electrons. The van der Waals surface area contributed by atoms with E-state index in [9.17, 15) is 8.78 Å². The van der Waals surface area contributed by atoms with Gasteiger partial charge < -0.3 is 4.74 Å². The highest BCUT2D eigenvalue weighted by atomic mass is 79.9. The van der Waals surface area contributed by atoms with Gasteiger partial charge in [-0.25, -0.2) is 8.78 Å². The van der Waals surface area contributed by atoms with E-state index >= 15 is 0 Å². The summed E-state index contributed by atoms with van der Waals surface area (Å²) < 4.78 is 33.0. The Labute approximate surface area is 138 Å². The predicted octanol–water partition coefficient (Wildman–Crippen LogP) is 5.34. The van der Waals surface area contributed by atoms with Gasteiger partial charge in [0.25, 0.3) is 0 Å². The summed E-state index contributed by atoms with van der Waals surface area (Å²) in [6.45, 7) is 0.684. The van der Waals surface area contributed by atoms with Gasteiger partial charge in [-0.15, -0.1) is 0 Å². The molecule has 21 heavy (non-hydrogen) atoms. The quantitative estimate of drug-likeness (QED) is 0.612. The van der Waals surface area contributed by atoms with E-state index in [0.717, 1.165) is 33.8 Å². The number of fused-ring (bicyclic) bond motifs is 1. The van der Waals surface area contributed by atoms with E-state index in [-0.39, 0.29) is 4.83 Å². The van der Waals surface area contributed by atoms with Gasteiger partial charge in [0.1, 0.15) is 5.75 Å². The van der Waals surface area contributed by atoms with E-state index in [4.69, 9.17) is 4.74 Å². The van der Waals surface area contributed by atoms with Crippen LogP contribution in [0.2, 0.25) is 0 Å². The third kappa shape index (κ3) is 3.14. The third-order valence-electron chi connectivity index (χ3n) is 3.51. The lowest BCUT2D eigenvalue weighted by molar-refractivity contribution is 0.353. The Morgan fingerprint density at radius 3 is 2.71 bits per heavy atom. The molecule has 0 aromatic heterocycles. The number of hydrogen-bond donors (Lipinski definition) is 0. The fourth-order valence-electron chi connectivity index (χ4n) is 2.51. The summed E-state index contributed by atoms with van der Waals surface area (Å²) in [5, 5.41) is 0. The zero-order chi connectivity index (χ0) is 15.0. The molecule has 1 atom stereocenters. The molecule has 1 unspecified atom stereocenters. The molecule has 0 saturated carbocycles. The molecule has 0 fully saturated rings. The van der Waals surface area contributed by atoms with E-state index in [1.54, 1.807) is 6.07 Å². The highest BCUT2D eigenvalue weighted by Crippen LogP contribution is 2.40. The minimum atomic E-state index is -0.823. The van der Waals surface area contributed by atoms with Crippen molar-refractivity contribution >= 4 is 31.9 Å². The number of halogens is 4. The van der Waals surface area contributed by atoms with Crippen LogP contribution in [0.4, 0.5) is 8.78 Å². The number of hydrogen-bond acceptors (Lipinski definition) is 1. The Bertz CT molecular complexity index is 688. The first-order valence-electron chi connectivity index (χ1n) is 6.57. The first-order valence-corrected chi connectivity index (χ1v) is 8.28. The van der Waals surface area contributed by atoms with Crippen LogP contribution in [0.1, 0.15) is 21.5 Å². The summed E-state index contributed by atoms with van der Waals surface area (Å²) in [7, 11) is 0. The topological polar surface area (TPSA) is 9.23 Å². The zero-order valence-electron chi connectivity index (χ0n) is 11.0. The van der Waals surface area contributed by atoms with Gasteiger partial charge in [-0.2, -0.15) is 0 Å². The molecule has 3 rings (SSSR count). The van der Waals surface area contributed by atoms with Crippen molar-refractivity contribution in [1.29, 1.82) is 0 Å². The zero-order valence-corrected chi connectivity index (χ0v) is 14.2. The molecule has 1 nitrogen and oxygen atoms in total. The minimum Gasteiger partial charge on any atom is -0.493 e. The Hall–Kier alpha value is -0.940. The average molecular weight is 418 g/mol. The monoisotopic (exact) mass is 416 g/mol. The maximum Gasteiger partial charge on any atom is 0.159 e. The maximum absolute atomic E-state index is 13.3. The van der Waals surface area contributed by atoms with Gasteiger partial charge in [0, 0.05) is 21.3 Å². The predicted molar refractivity (Wildman–Crippen MR) is 85.1 cm³/mol. The second-order valence-electron chi connectivity index (χ2n) is 5.00. The van der Waals surface area contributed by atoms with E-state index in [1.165, 1.54) is 11.6 Å². The highest BCUT2D eigenvalue weighted by molar-refractivity contribution is 9.10. The smallest absolute Gasteiger partial charge is 0.159 e. The van der Waals surface area contributed by atoms with Crippen molar-refractivity contribution in [2.75, 3.05) is 6.61 Å². The summed E-state index contributed by atoms with van der Waals surface area (Å²) in [6, 6.07) is 8.06. The van der Waals surface area contributed by atoms with Crippen LogP contribution in [0.3, 0.4) is 0 Å². The number of ether oxygens (including phenoxy) is 1. The van der Waals surface area contributed by atoms with E-state index in [2.05, 4.69) is 37.9 Å². The molecule has 1 heterocycles. The molecule has 0 N–H and O–H groups in total. The summed E-state index contributed by atoms with van der Waals surface area (Å²) in [6.07, 6.45) is 1.45. The molecular weight excluding hydrogens is 406 g/mol. The Morgan fingerprint density at radius 1 is 1.14 bits per heavy atom. The van der Waals surface area contributed by atoms with Crippen LogP contribution in [0.15, 0.2) is 34.8 Å². The first-order chi connectivity index (χ1) is 10.0. The molecule has 0 spiro atoms. The lowest BCUT2D eigenvalue weighted by Gasteiger charge is -2.15. The minimum absolute atomic E-state index is 0.0216. The number of rotatable bonds is 3. The van der Waals surface area contributed by atoms with Crippen LogP contribution in [-0.2, 0) is 12.8 Å². The van der Waals surface area contributed by atoms with Crippen molar-refractivity contribution < 1.29 is 13.5 Å². The summed E-state index contributed by atoms with van der Waals surface area (Å²) in [4.78, 5) is -0.0216. The molecular formula is C16H12Br2F2O. The molecule has 0 aliphatic carbocycles. The lowest BCUT2D eigenvalue weighted by atomic mass is 10.0. The van der Waals surface area contributed by atoms with Crippen LogP contribution in [0.5, 0.6) is 5.75 Å². The van der Waals surface area contributed by atoms with E-state index in [0.29, 0.717) is 13.0 Å². The molecule has 0 amide bonds. The van der Waals surface area contributed by atoms with Gasteiger partial charge in [-0.3, -0.25) is 0 Å². The molecule has 5 heteroatoms. The van der Waals surface area contributed by atoms with Gasteiger partial charge in [0.05, 0.1) is 6.61 Å². The fraction of sp³-hybridized carbons (Fsp3) is 0.250. The van der Waals surface area contributed by atoms with E-state index in [1.807, 2.05) is 6.07 Å². The summed E-state index contributed by atoms with van der Waals surface area (Å²) >= 11 is 7.14. The summed E-state index contributed by atoms with van der Waals surface area (Å²) in [5.41, 5.74) is 2.94. The number of alkyl halides is 1.